The molecule has 1 aromatic heterocycles. The molecular formula is C10H11BrN2O3. The van der Waals surface area contributed by atoms with Gasteiger partial charge in [0.25, 0.3) is 0 Å². The summed E-state index contributed by atoms with van der Waals surface area (Å²) in [6.07, 6.45) is 1.45. The zero-order chi connectivity index (χ0) is 12.1. The number of nitrogens with one attached hydrogen (secondary N) is 1. The maximum atomic E-state index is 11.6. The minimum atomic E-state index is -0.269. The van der Waals surface area contributed by atoms with Crippen LogP contribution in [0.5, 0.6) is 5.75 Å². The molecule has 0 aliphatic heterocycles. The van der Waals surface area contributed by atoms with Crippen molar-refractivity contribution >= 4 is 33.4 Å². The van der Waals surface area contributed by atoms with Crippen LogP contribution in [0.3, 0.4) is 0 Å². The number of Topliss-reactive ketones (excluding diaryl/α,β-unsaturated/α-hetero) is 1. The highest BCUT2D eigenvalue weighted by Crippen LogP contribution is 2.26. The van der Waals surface area contributed by atoms with Crippen molar-refractivity contribution in [2.45, 2.75) is 6.92 Å². The third-order valence-corrected chi connectivity index (χ3v) is 2.33. The molecule has 0 bridgehead atoms. The third-order valence-electron chi connectivity index (χ3n) is 1.82. The summed E-state index contributed by atoms with van der Waals surface area (Å²) in [5, 5.41) is 2.69. The zero-order valence-corrected chi connectivity index (χ0v) is 10.5. The number of rotatable bonds is 4. The van der Waals surface area contributed by atoms with Crippen molar-refractivity contribution in [2.24, 2.45) is 0 Å². The van der Waals surface area contributed by atoms with Crippen LogP contribution < -0.4 is 10.1 Å². The first-order chi connectivity index (χ1) is 7.60. The summed E-state index contributed by atoms with van der Waals surface area (Å²) in [7, 11) is 1.42. The molecule has 0 saturated heterocycles. The molecule has 0 radical (unpaired) electrons. The molecule has 1 N–H and O–H groups in total. The highest BCUT2D eigenvalue weighted by Gasteiger charge is 2.16. The van der Waals surface area contributed by atoms with Crippen LogP contribution in [0, 0.1) is 0 Å². The number of methoxy groups -OCH3 is 1. The Kier molecular flexibility index (Phi) is 4.42. The van der Waals surface area contributed by atoms with Gasteiger partial charge < -0.3 is 10.1 Å². The van der Waals surface area contributed by atoms with Gasteiger partial charge in [0.05, 0.1) is 18.0 Å². The molecule has 6 heteroatoms. The van der Waals surface area contributed by atoms with E-state index in [1.165, 1.54) is 20.2 Å². The van der Waals surface area contributed by atoms with E-state index >= 15 is 0 Å². The van der Waals surface area contributed by atoms with E-state index < -0.39 is 0 Å². The average Bonchev–Trinajstić information content (AvgIpc) is 2.27. The van der Waals surface area contributed by atoms with E-state index in [4.69, 9.17) is 4.74 Å². The molecule has 86 valence electrons. The van der Waals surface area contributed by atoms with Crippen LogP contribution in [0.4, 0.5) is 5.82 Å². The van der Waals surface area contributed by atoms with E-state index in [1.54, 1.807) is 6.07 Å². The maximum Gasteiger partial charge on any atom is 0.222 e. The fourth-order valence-corrected chi connectivity index (χ4v) is 1.50. The largest absolute Gasteiger partial charge is 0.492 e. The van der Waals surface area contributed by atoms with Gasteiger partial charge in [-0.15, -0.1) is 0 Å². The van der Waals surface area contributed by atoms with Crippen LogP contribution >= 0.6 is 15.9 Å². The van der Waals surface area contributed by atoms with Crippen molar-refractivity contribution in [1.29, 1.82) is 0 Å². The summed E-state index contributed by atoms with van der Waals surface area (Å²) < 4.78 is 5.08. The molecule has 1 rings (SSSR count). The Labute approximate surface area is 101 Å². The molecule has 16 heavy (non-hydrogen) atoms. The Balaban J connectivity index is 3.20. The van der Waals surface area contributed by atoms with E-state index in [9.17, 15) is 9.59 Å². The van der Waals surface area contributed by atoms with Crippen molar-refractivity contribution in [3.63, 3.8) is 0 Å². The second-order valence-corrected chi connectivity index (χ2v) is 3.54. The Morgan fingerprint density at radius 1 is 1.56 bits per heavy atom. The number of alkyl halides is 1. The Bertz CT molecular complexity index is 421. The molecule has 0 fully saturated rings. The number of hydrogen-bond donors (Lipinski definition) is 1. The molecule has 0 unspecified atom stereocenters. The number of pyridine rings is 1. The van der Waals surface area contributed by atoms with Gasteiger partial charge in [0.15, 0.2) is 17.4 Å². The smallest absolute Gasteiger partial charge is 0.222 e. The van der Waals surface area contributed by atoms with Gasteiger partial charge in [-0.1, -0.05) is 15.9 Å². The average molecular weight is 287 g/mol. The van der Waals surface area contributed by atoms with Crippen molar-refractivity contribution in [3.05, 3.63) is 17.8 Å². The standard InChI is InChI=1S/C10H11BrN2O3/c1-6(14)13-10-9(16-2)7(3-4-12-10)8(15)5-11/h3-4H,5H2,1-2H3,(H,12,13,14). The summed E-state index contributed by atoms with van der Waals surface area (Å²) in [6.45, 7) is 1.36. The van der Waals surface area contributed by atoms with Crippen molar-refractivity contribution in [1.82, 2.24) is 4.98 Å². The van der Waals surface area contributed by atoms with Crippen LogP contribution in [0.25, 0.3) is 0 Å². The number of carbonyl (C=O) groups is 2. The van der Waals surface area contributed by atoms with Gasteiger partial charge in [-0.3, -0.25) is 9.59 Å². The van der Waals surface area contributed by atoms with Crippen molar-refractivity contribution in [3.8, 4) is 5.75 Å². The fourth-order valence-electron chi connectivity index (χ4n) is 1.20. The summed E-state index contributed by atoms with van der Waals surface area (Å²) in [5.74, 6) is 0.129. The lowest BCUT2D eigenvalue weighted by molar-refractivity contribution is -0.114. The number of hydrogen-bond acceptors (Lipinski definition) is 4. The lowest BCUT2D eigenvalue weighted by Gasteiger charge is -2.10. The van der Waals surface area contributed by atoms with Crippen LogP contribution in [-0.2, 0) is 4.79 Å². The lowest BCUT2D eigenvalue weighted by atomic mass is 10.1. The van der Waals surface area contributed by atoms with Crippen LogP contribution in [0.15, 0.2) is 12.3 Å². The number of carbonyl (C=O) groups excluding carboxylic acids is 2. The van der Waals surface area contributed by atoms with Crippen molar-refractivity contribution < 1.29 is 14.3 Å². The zero-order valence-electron chi connectivity index (χ0n) is 8.91. The minimum absolute atomic E-state index is 0.133. The molecular weight excluding hydrogens is 276 g/mol. The molecule has 0 aromatic carbocycles. The van der Waals surface area contributed by atoms with E-state index in [2.05, 4.69) is 26.2 Å². The van der Waals surface area contributed by atoms with E-state index in [-0.39, 0.29) is 28.6 Å². The predicted octanol–water partition coefficient (Wildman–Crippen LogP) is 1.63. The summed E-state index contributed by atoms with van der Waals surface area (Å²) in [4.78, 5) is 26.4. The first-order valence-corrected chi connectivity index (χ1v) is 5.62. The van der Waals surface area contributed by atoms with Crippen LogP contribution in [-0.4, -0.2) is 29.1 Å². The third kappa shape index (κ3) is 2.79. The Hall–Kier alpha value is -1.43. The highest BCUT2D eigenvalue weighted by molar-refractivity contribution is 9.09. The van der Waals surface area contributed by atoms with E-state index in [1.807, 2.05) is 0 Å². The van der Waals surface area contributed by atoms with Gasteiger partial charge in [0, 0.05) is 13.1 Å². The van der Waals surface area contributed by atoms with Crippen LogP contribution in [0.2, 0.25) is 0 Å². The second-order valence-electron chi connectivity index (χ2n) is 2.98. The predicted molar refractivity (Wildman–Crippen MR) is 63.2 cm³/mol. The number of anilines is 1. The lowest BCUT2D eigenvalue weighted by Crippen LogP contribution is -2.12. The summed E-state index contributed by atoms with van der Waals surface area (Å²) in [6, 6.07) is 1.55. The number of halogens is 1. The van der Waals surface area contributed by atoms with Gasteiger partial charge in [-0.2, -0.15) is 0 Å². The van der Waals surface area contributed by atoms with E-state index in [0.29, 0.717) is 5.56 Å². The number of aromatic nitrogens is 1. The normalized spacial score (nSPS) is 9.69. The van der Waals surface area contributed by atoms with E-state index in [0.717, 1.165) is 0 Å². The maximum absolute atomic E-state index is 11.6. The first kappa shape index (κ1) is 12.6. The summed E-state index contributed by atoms with van der Waals surface area (Å²) in [5.41, 5.74) is 0.387. The molecule has 0 saturated carbocycles. The minimum Gasteiger partial charge on any atom is -0.492 e. The molecule has 1 heterocycles. The second kappa shape index (κ2) is 5.60. The molecule has 1 aromatic rings. The van der Waals surface area contributed by atoms with Crippen molar-refractivity contribution in [2.75, 3.05) is 17.8 Å². The number of ketones is 1. The van der Waals surface area contributed by atoms with Gasteiger partial charge >= 0.3 is 0 Å². The molecule has 5 nitrogen and oxygen atoms in total. The first-order valence-electron chi connectivity index (χ1n) is 4.50. The quantitative estimate of drug-likeness (QED) is 0.675. The Morgan fingerprint density at radius 3 is 2.75 bits per heavy atom. The molecule has 1 amide bonds. The molecule has 0 spiro atoms. The molecule has 0 atom stereocenters. The summed E-state index contributed by atoms with van der Waals surface area (Å²) >= 11 is 3.08. The fraction of sp³-hybridized carbons (Fsp3) is 0.300. The number of nitrogens with zero attached hydrogens (tertiary/aromatic N) is 1. The molecule has 0 aliphatic rings. The number of amides is 1. The van der Waals surface area contributed by atoms with Crippen LogP contribution in [0.1, 0.15) is 17.3 Å². The Morgan fingerprint density at radius 2 is 2.25 bits per heavy atom. The molecule has 0 aliphatic carbocycles. The number of ether oxygens (including phenoxy) is 1. The topological polar surface area (TPSA) is 68.3 Å². The van der Waals surface area contributed by atoms with Gasteiger partial charge in [-0.25, -0.2) is 4.98 Å². The monoisotopic (exact) mass is 286 g/mol. The van der Waals surface area contributed by atoms with Gasteiger partial charge in [-0.05, 0) is 6.07 Å². The highest BCUT2D eigenvalue weighted by atomic mass is 79.9. The SMILES string of the molecule is COc1c(C(=O)CBr)ccnc1NC(C)=O. The van der Waals surface area contributed by atoms with Gasteiger partial charge in [0.1, 0.15) is 0 Å². The van der Waals surface area contributed by atoms with Gasteiger partial charge in [0.2, 0.25) is 5.91 Å².